The molecule has 0 radical (unpaired) electrons. The van der Waals surface area contributed by atoms with Gasteiger partial charge >= 0.3 is 0 Å². The van der Waals surface area contributed by atoms with Gasteiger partial charge in [-0.05, 0) is 63.3 Å². The van der Waals surface area contributed by atoms with Crippen LogP contribution in [-0.2, 0) is 24.3 Å². The fraction of sp³-hybridized carbons (Fsp3) is 0.600. The first-order valence-corrected chi connectivity index (χ1v) is 12.0. The molecule has 1 aliphatic heterocycles. The zero-order valence-electron chi connectivity index (χ0n) is 19.0. The number of ether oxygens (including phenoxy) is 1. The molecule has 6 heteroatoms. The summed E-state index contributed by atoms with van der Waals surface area (Å²) in [7, 11) is 0. The molecule has 3 N–H and O–H groups in total. The van der Waals surface area contributed by atoms with E-state index < -0.39 is 6.23 Å². The third kappa shape index (κ3) is 5.37. The molecule has 2 aliphatic rings. The van der Waals surface area contributed by atoms with Crippen molar-refractivity contribution in [3.8, 4) is 0 Å². The van der Waals surface area contributed by atoms with Gasteiger partial charge in [-0.1, -0.05) is 37.3 Å². The van der Waals surface area contributed by atoms with Gasteiger partial charge in [0.2, 0.25) is 0 Å². The number of nitrogens with one attached hydrogen (secondary N) is 2. The Morgan fingerprint density at radius 1 is 1.32 bits per heavy atom. The normalized spacial score (nSPS) is 26.6. The van der Waals surface area contributed by atoms with Crippen LogP contribution in [0, 0.1) is 0 Å². The summed E-state index contributed by atoms with van der Waals surface area (Å²) in [6.07, 6.45) is 4.32. The molecule has 0 spiro atoms. The Labute approximate surface area is 192 Å². The third-order valence-corrected chi connectivity index (χ3v) is 7.39. The number of hydrogen-bond acceptors (Lipinski definition) is 5. The van der Waals surface area contributed by atoms with Crippen LogP contribution in [-0.4, -0.2) is 38.0 Å². The van der Waals surface area contributed by atoms with Gasteiger partial charge in [-0.15, -0.1) is 0 Å². The highest BCUT2D eigenvalue weighted by Crippen LogP contribution is 2.37. The van der Waals surface area contributed by atoms with Gasteiger partial charge in [-0.3, -0.25) is 10.2 Å². The van der Waals surface area contributed by atoms with Crippen LogP contribution in [0.5, 0.6) is 0 Å². The Morgan fingerprint density at radius 2 is 2.10 bits per heavy atom. The molecular weight excluding hydrogens is 406 g/mol. The van der Waals surface area contributed by atoms with E-state index in [0.717, 1.165) is 50.9 Å². The zero-order chi connectivity index (χ0) is 22.1. The molecule has 31 heavy (non-hydrogen) atoms. The summed E-state index contributed by atoms with van der Waals surface area (Å²) >= 11 is 5.06. The van der Waals surface area contributed by atoms with Crippen molar-refractivity contribution in [3.63, 3.8) is 0 Å². The lowest BCUT2D eigenvalue weighted by molar-refractivity contribution is -0.0418. The molecule has 0 bridgehead atoms. The van der Waals surface area contributed by atoms with Crippen LogP contribution in [0.2, 0.25) is 0 Å². The number of rotatable bonds is 7. The quantitative estimate of drug-likeness (QED) is 0.375. The summed E-state index contributed by atoms with van der Waals surface area (Å²) in [6.45, 7) is 8.56. The number of benzene rings is 1. The lowest BCUT2D eigenvalue weighted by atomic mass is 9.88. The number of H-pyrrole nitrogens is 1. The Bertz CT molecular complexity index is 869. The molecule has 2 heterocycles. The molecule has 0 saturated heterocycles. The molecule has 1 aliphatic carbocycles. The lowest BCUT2D eigenvalue weighted by Crippen LogP contribution is -2.50. The molecular formula is C25H37N3O2S. The Kier molecular flexibility index (Phi) is 6.85. The Morgan fingerprint density at radius 3 is 2.84 bits per heavy atom. The summed E-state index contributed by atoms with van der Waals surface area (Å²) in [4.78, 5) is 5.50. The van der Waals surface area contributed by atoms with Crippen LogP contribution in [0.4, 0.5) is 0 Å². The van der Waals surface area contributed by atoms with Gasteiger partial charge in [-0.2, -0.15) is 12.6 Å². The smallest absolute Gasteiger partial charge is 0.148 e. The van der Waals surface area contributed by atoms with E-state index in [2.05, 4.69) is 66.3 Å². The van der Waals surface area contributed by atoms with Crippen molar-refractivity contribution in [2.24, 2.45) is 0 Å². The van der Waals surface area contributed by atoms with Crippen molar-refractivity contribution in [2.45, 2.75) is 88.8 Å². The molecule has 1 saturated carbocycles. The van der Waals surface area contributed by atoms with Crippen molar-refractivity contribution in [3.05, 3.63) is 58.9 Å². The molecule has 2 aromatic rings. The molecule has 1 aromatic heterocycles. The van der Waals surface area contributed by atoms with Crippen molar-refractivity contribution >= 4 is 12.6 Å². The monoisotopic (exact) mass is 443 g/mol. The van der Waals surface area contributed by atoms with Crippen LogP contribution in [0.15, 0.2) is 36.4 Å². The van der Waals surface area contributed by atoms with E-state index in [9.17, 15) is 5.11 Å². The van der Waals surface area contributed by atoms with Crippen molar-refractivity contribution < 1.29 is 9.84 Å². The van der Waals surface area contributed by atoms with Gasteiger partial charge in [0.05, 0.1) is 22.8 Å². The van der Waals surface area contributed by atoms with Crippen LogP contribution in [0.1, 0.15) is 75.2 Å². The van der Waals surface area contributed by atoms with E-state index >= 15 is 0 Å². The van der Waals surface area contributed by atoms with Gasteiger partial charge in [0.1, 0.15) is 6.23 Å². The maximum Gasteiger partial charge on any atom is 0.148 e. The van der Waals surface area contributed by atoms with E-state index in [1.165, 1.54) is 16.8 Å². The maximum absolute atomic E-state index is 11.3. The molecule has 1 fully saturated rings. The van der Waals surface area contributed by atoms with Crippen LogP contribution >= 0.6 is 12.6 Å². The van der Waals surface area contributed by atoms with E-state index in [1.807, 2.05) is 6.07 Å². The van der Waals surface area contributed by atoms with Crippen molar-refractivity contribution in [1.29, 1.82) is 0 Å². The second-order valence-corrected chi connectivity index (χ2v) is 10.6. The largest absolute Gasteiger partial charge is 0.373 e. The Hall–Kier alpha value is -1.31. The molecule has 4 rings (SSSR count). The van der Waals surface area contributed by atoms with Gasteiger partial charge in [-0.25, -0.2) is 0 Å². The predicted octanol–water partition coefficient (Wildman–Crippen LogP) is 4.54. The highest BCUT2D eigenvalue weighted by atomic mass is 32.1. The predicted molar refractivity (Wildman–Crippen MR) is 128 cm³/mol. The summed E-state index contributed by atoms with van der Waals surface area (Å²) in [5.74, 6) is 0. The van der Waals surface area contributed by atoms with E-state index in [0.29, 0.717) is 6.61 Å². The fourth-order valence-corrected chi connectivity index (χ4v) is 5.53. The highest BCUT2D eigenvalue weighted by molar-refractivity contribution is 7.81. The minimum atomic E-state index is -0.645. The van der Waals surface area contributed by atoms with Gasteiger partial charge < -0.3 is 14.8 Å². The molecule has 3 atom stereocenters. The van der Waals surface area contributed by atoms with Crippen molar-refractivity contribution in [2.75, 3.05) is 6.54 Å². The number of fused-ring (bicyclic) bond motifs is 1. The number of aliphatic hydroxyl groups is 1. The standard InChI is InChI=1S/C25H37N3O2S/c1-4-28(23(29)21-13-19-17-30-24(2,3)15-22(19)27-21)20-11-8-12-25(31,14-20)26-16-18-9-6-5-7-10-18/h5-7,9-10,13,20,23,26-27,29,31H,4,8,11-12,14-17H2,1-3H3/t20-,23?,25?/m0/s1. The fourth-order valence-electron chi connectivity index (χ4n) is 5.08. The topological polar surface area (TPSA) is 60.5 Å². The minimum Gasteiger partial charge on any atom is -0.373 e. The molecule has 170 valence electrons. The van der Waals surface area contributed by atoms with Crippen LogP contribution < -0.4 is 5.32 Å². The number of hydrogen-bond donors (Lipinski definition) is 4. The molecule has 2 unspecified atom stereocenters. The average Bonchev–Trinajstić information content (AvgIpc) is 3.16. The van der Waals surface area contributed by atoms with Crippen LogP contribution in [0.3, 0.4) is 0 Å². The van der Waals surface area contributed by atoms with Crippen molar-refractivity contribution in [1.82, 2.24) is 15.2 Å². The number of aliphatic hydroxyl groups excluding tert-OH is 1. The van der Waals surface area contributed by atoms with Gasteiger partial charge in [0, 0.05) is 24.7 Å². The zero-order valence-corrected chi connectivity index (χ0v) is 19.9. The lowest BCUT2D eigenvalue weighted by Gasteiger charge is -2.44. The number of aromatic amines is 1. The Balaban J connectivity index is 1.44. The number of nitrogens with zero attached hydrogens (tertiary/aromatic N) is 1. The number of thiol groups is 1. The first kappa shape index (κ1) is 22.9. The first-order valence-electron chi connectivity index (χ1n) is 11.6. The highest BCUT2D eigenvalue weighted by Gasteiger charge is 2.38. The third-order valence-electron chi connectivity index (χ3n) is 6.83. The summed E-state index contributed by atoms with van der Waals surface area (Å²) in [5.41, 5.74) is 4.34. The second-order valence-electron chi connectivity index (χ2n) is 9.78. The summed E-state index contributed by atoms with van der Waals surface area (Å²) in [5, 5.41) is 15.0. The summed E-state index contributed by atoms with van der Waals surface area (Å²) < 4.78 is 5.95. The first-order chi connectivity index (χ1) is 14.8. The van der Waals surface area contributed by atoms with E-state index in [1.54, 1.807) is 0 Å². The minimum absolute atomic E-state index is 0.163. The van der Waals surface area contributed by atoms with Gasteiger partial charge in [0.15, 0.2) is 0 Å². The van der Waals surface area contributed by atoms with Gasteiger partial charge in [0.25, 0.3) is 0 Å². The average molecular weight is 444 g/mol. The summed E-state index contributed by atoms with van der Waals surface area (Å²) in [6, 6.07) is 12.8. The number of aromatic nitrogens is 1. The SMILES string of the molecule is CCN(C(O)c1cc2c([nH]1)CC(C)(C)OC2)[C@H]1CCCC(S)(NCc2ccccc2)C1. The van der Waals surface area contributed by atoms with E-state index in [-0.39, 0.29) is 16.5 Å². The second kappa shape index (κ2) is 9.28. The van der Waals surface area contributed by atoms with Crippen LogP contribution in [0.25, 0.3) is 0 Å². The molecule has 0 amide bonds. The maximum atomic E-state index is 11.3. The van der Waals surface area contributed by atoms with E-state index in [4.69, 9.17) is 17.4 Å². The molecule has 1 aromatic carbocycles. The molecule has 5 nitrogen and oxygen atoms in total.